The molecule has 1 fully saturated rings. The third kappa shape index (κ3) is 6.75. The lowest BCUT2D eigenvalue weighted by atomic mass is 10.1. The number of ether oxygens (including phenoxy) is 1. The molecule has 0 aliphatic carbocycles. The number of hydrogen-bond donors (Lipinski definition) is 1. The minimum Gasteiger partial charge on any atom is -0.379 e. The molecule has 8 heteroatoms. The number of carbonyl (C=O) groups excluding carboxylic acids is 1. The standard InChI is InChI=1S/C30H35N5O2S/c1-23(24-9-3-2-4-10-24)31-28(36)14-17-35(16-8-15-34-18-20-37-21-19-34)30-25-11-5-6-12-26(25)32-29(33-30)27-13-7-22-38-27/h2-7,9-13,22-23H,8,14-21H2,1H3,(H,31,36)/t23-/m0/s1. The number of fused-ring (bicyclic) bond motifs is 1. The fourth-order valence-electron chi connectivity index (χ4n) is 4.83. The Morgan fingerprint density at radius 2 is 1.82 bits per heavy atom. The van der Waals surface area contributed by atoms with Crippen LogP contribution in [0.3, 0.4) is 0 Å². The smallest absolute Gasteiger partial charge is 0.222 e. The van der Waals surface area contributed by atoms with E-state index in [0.29, 0.717) is 13.0 Å². The van der Waals surface area contributed by atoms with Crippen LogP contribution in [0.15, 0.2) is 72.1 Å². The van der Waals surface area contributed by atoms with Crippen molar-refractivity contribution in [3.05, 3.63) is 77.7 Å². The summed E-state index contributed by atoms with van der Waals surface area (Å²) in [6, 6.07) is 22.3. The van der Waals surface area contributed by atoms with Gasteiger partial charge >= 0.3 is 0 Å². The first-order chi connectivity index (χ1) is 18.7. The molecule has 1 aliphatic rings. The van der Waals surface area contributed by atoms with E-state index < -0.39 is 0 Å². The number of rotatable bonds is 11. The lowest BCUT2D eigenvalue weighted by Gasteiger charge is -2.29. The van der Waals surface area contributed by atoms with Crippen LogP contribution < -0.4 is 10.2 Å². The molecule has 7 nitrogen and oxygen atoms in total. The molecular formula is C30H35N5O2S. The van der Waals surface area contributed by atoms with Gasteiger partial charge in [0, 0.05) is 44.5 Å². The van der Waals surface area contributed by atoms with Crippen molar-refractivity contribution in [1.29, 1.82) is 0 Å². The number of hydrogen-bond acceptors (Lipinski definition) is 7. The number of para-hydroxylation sites is 1. The molecule has 198 valence electrons. The molecule has 1 aliphatic heterocycles. The van der Waals surface area contributed by atoms with E-state index in [1.807, 2.05) is 66.9 Å². The van der Waals surface area contributed by atoms with E-state index in [1.54, 1.807) is 11.3 Å². The fraction of sp³-hybridized carbons (Fsp3) is 0.367. The van der Waals surface area contributed by atoms with Crippen LogP contribution in [0.4, 0.5) is 5.82 Å². The Morgan fingerprint density at radius 1 is 1.03 bits per heavy atom. The van der Waals surface area contributed by atoms with Gasteiger partial charge < -0.3 is 15.0 Å². The highest BCUT2D eigenvalue weighted by Gasteiger charge is 2.19. The lowest BCUT2D eigenvalue weighted by molar-refractivity contribution is -0.121. The lowest BCUT2D eigenvalue weighted by Crippen LogP contribution is -2.39. The van der Waals surface area contributed by atoms with Crippen molar-refractivity contribution in [1.82, 2.24) is 20.2 Å². The number of nitrogens with zero attached hydrogens (tertiary/aromatic N) is 4. The van der Waals surface area contributed by atoms with Gasteiger partial charge in [-0.05, 0) is 42.5 Å². The summed E-state index contributed by atoms with van der Waals surface area (Å²) in [5, 5.41) is 6.22. The van der Waals surface area contributed by atoms with Crippen LogP contribution in [0.25, 0.3) is 21.6 Å². The van der Waals surface area contributed by atoms with Gasteiger partial charge in [0.2, 0.25) is 5.91 Å². The van der Waals surface area contributed by atoms with Crippen molar-refractivity contribution in [2.24, 2.45) is 0 Å². The van der Waals surface area contributed by atoms with E-state index in [4.69, 9.17) is 14.7 Å². The Morgan fingerprint density at radius 3 is 2.61 bits per heavy atom. The zero-order chi connectivity index (χ0) is 26.2. The summed E-state index contributed by atoms with van der Waals surface area (Å²) in [6.07, 6.45) is 1.37. The molecular weight excluding hydrogens is 494 g/mol. The quantitative estimate of drug-likeness (QED) is 0.290. The Bertz CT molecular complexity index is 1310. The molecule has 1 atom stereocenters. The van der Waals surface area contributed by atoms with Crippen molar-refractivity contribution >= 4 is 34.0 Å². The normalized spacial score (nSPS) is 14.9. The molecule has 0 radical (unpaired) electrons. The van der Waals surface area contributed by atoms with E-state index in [9.17, 15) is 4.79 Å². The van der Waals surface area contributed by atoms with Gasteiger partial charge in [-0.15, -0.1) is 11.3 Å². The van der Waals surface area contributed by atoms with E-state index in [2.05, 4.69) is 27.2 Å². The van der Waals surface area contributed by atoms with Crippen LogP contribution in [0.2, 0.25) is 0 Å². The van der Waals surface area contributed by atoms with Crippen LogP contribution in [0, 0.1) is 0 Å². The Labute approximate surface area is 228 Å². The highest BCUT2D eigenvalue weighted by Crippen LogP contribution is 2.30. The van der Waals surface area contributed by atoms with Gasteiger partial charge in [-0.2, -0.15) is 0 Å². The van der Waals surface area contributed by atoms with Crippen LogP contribution in [0.1, 0.15) is 31.4 Å². The largest absolute Gasteiger partial charge is 0.379 e. The van der Waals surface area contributed by atoms with Gasteiger partial charge in [-0.25, -0.2) is 9.97 Å². The molecule has 1 N–H and O–H groups in total. The van der Waals surface area contributed by atoms with E-state index in [1.165, 1.54) is 0 Å². The van der Waals surface area contributed by atoms with E-state index in [0.717, 1.165) is 78.8 Å². The molecule has 5 rings (SSSR count). The third-order valence-corrected chi connectivity index (χ3v) is 7.78. The molecule has 0 spiro atoms. The minimum atomic E-state index is -0.0382. The first-order valence-corrected chi connectivity index (χ1v) is 14.3. The Kier molecular flexibility index (Phi) is 8.96. The fourth-order valence-corrected chi connectivity index (χ4v) is 5.48. The minimum absolute atomic E-state index is 0.0382. The molecule has 1 saturated heterocycles. The number of aromatic nitrogens is 2. The average molecular weight is 530 g/mol. The predicted octanol–water partition coefficient (Wildman–Crippen LogP) is 5.15. The predicted molar refractivity (Wildman–Crippen MR) is 155 cm³/mol. The van der Waals surface area contributed by atoms with Crippen LogP contribution in [0.5, 0.6) is 0 Å². The molecule has 3 heterocycles. The molecule has 0 unspecified atom stereocenters. The van der Waals surface area contributed by atoms with Crippen molar-refractivity contribution < 1.29 is 9.53 Å². The Hall–Kier alpha value is -3.33. The van der Waals surface area contributed by atoms with Crippen LogP contribution in [-0.2, 0) is 9.53 Å². The second-order valence-electron chi connectivity index (χ2n) is 9.61. The number of amides is 1. The molecule has 2 aromatic heterocycles. The molecule has 4 aromatic rings. The number of carbonyl (C=O) groups is 1. The van der Waals surface area contributed by atoms with Gasteiger partial charge in [-0.3, -0.25) is 9.69 Å². The van der Waals surface area contributed by atoms with Crippen molar-refractivity contribution in [2.75, 3.05) is 50.8 Å². The summed E-state index contributed by atoms with van der Waals surface area (Å²) in [5.41, 5.74) is 2.02. The average Bonchev–Trinajstić information content (AvgIpc) is 3.51. The summed E-state index contributed by atoms with van der Waals surface area (Å²) in [5.74, 6) is 1.66. The first-order valence-electron chi connectivity index (χ1n) is 13.4. The maximum Gasteiger partial charge on any atom is 0.222 e. The molecule has 38 heavy (non-hydrogen) atoms. The second kappa shape index (κ2) is 13.0. The summed E-state index contributed by atoms with van der Waals surface area (Å²) < 4.78 is 5.51. The number of morpholine rings is 1. The van der Waals surface area contributed by atoms with E-state index >= 15 is 0 Å². The summed E-state index contributed by atoms with van der Waals surface area (Å²) in [7, 11) is 0. The van der Waals surface area contributed by atoms with Gasteiger partial charge in [0.25, 0.3) is 0 Å². The third-order valence-electron chi connectivity index (χ3n) is 6.92. The van der Waals surface area contributed by atoms with Crippen molar-refractivity contribution in [2.45, 2.75) is 25.8 Å². The van der Waals surface area contributed by atoms with Crippen molar-refractivity contribution in [3.63, 3.8) is 0 Å². The van der Waals surface area contributed by atoms with Gasteiger partial charge in [0.05, 0.1) is 29.6 Å². The molecule has 2 aromatic carbocycles. The SMILES string of the molecule is C[C@H](NC(=O)CCN(CCCN1CCOCC1)c1nc(-c2cccs2)nc2ccccc12)c1ccccc1. The van der Waals surface area contributed by atoms with E-state index in [-0.39, 0.29) is 11.9 Å². The monoisotopic (exact) mass is 529 g/mol. The highest BCUT2D eigenvalue weighted by atomic mass is 32.1. The highest BCUT2D eigenvalue weighted by molar-refractivity contribution is 7.13. The maximum absolute atomic E-state index is 13.0. The number of thiophene rings is 1. The molecule has 0 saturated carbocycles. The Balaban J connectivity index is 1.35. The van der Waals surface area contributed by atoms with Gasteiger partial charge in [0.15, 0.2) is 5.82 Å². The number of anilines is 1. The number of benzene rings is 2. The van der Waals surface area contributed by atoms with Crippen LogP contribution >= 0.6 is 11.3 Å². The summed E-state index contributed by atoms with van der Waals surface area (Å²) in [4.78, 5) is 28.7. The zero-order valence-corrected chi connectivity index (χ0v) is 22.7. The summed E-state index contributed by atoms with van der Waals surface area (Å²) >= 11 is 1.64. The van der Waals surface area contributed by atoms with Gasteiger partial charge in [-0.1, -0.05) is 48.5 Å². The zero-order valence-electron chi connectivity index (χ0n) is 21.9. The van der Waals surface area contributed by atoms with Gasteiger partial charge in [0.1, 0.15) is 5.82 Å². The van der Waals surface area contributed by atoms with Crippen LogP contribution in [-0.4, -0.2) is 66.7 Å². The molecule has 1 amide bonds. The topological polar surface area (TPSA) is 70.6 Å². The first kappa shape index (κ1) is 26.3. The number of nitrogens with one attached hydrogen (secondary N) is 1. The van der Waals surface area contributed by atoms with Crippen molar-refractivity contribution in [3.8, 4) is 10.7 Å². The molecule has 0 bridgehead atoms. The maximum atomic E-state index is 13.0. The summed E-state index contributed by atoms with van der Waals surface area (Å²) in [6.45, 7) is 7.95. The second-order valence-corrected chi connectivity index (χ2v) is 10.6.